The molecule has 1 aromatic carbocycles. The Morgan fingerprint density at radius 1 is 1.40 bits per heavy atom. The highest BCUT2D eigenvalue weighted by atomic mass is 35.5. The highest BCUT2D eigenvalue weighted by Gasteiger charge is 2.10. The number of halogens is 1. The van der Waals surface area contributed by atoms with Gasteiger partial charge in [-0.05, 0) is 25.5 Å². The first-order valence-corrected chi connectivity index (χ1v) is 7.68. The SMILES string of the molecule is COc1cc(Cl)c(C)cc1NC(=O)CSCCC(C)=O. The molecule has 110 valence electrons. The Morgan fingerprint density at radius 2 is 2.10 bits per heavy atom. The molecule has 0 unspecified atom stereocenters. The lowest BCUT2D eigenvalue weighted by molar-refractivity contribution is -0.116. The average molecular weight is 316 g/mol. The molecule has 1 rings (SSSR count). The molecular formula is C14H18ClNO3S. The number of hydrogen-bond acceptors (Lipinski definition) is 4. The van der Waals surface area contributed by atoms with E-state index in [0.29, 0.717) is 34.4 Å². The van der Waals surface area contributed by atoms with Crippen LogP contribution in [0.1, 0.15) is 18.9 Å². The highest BCUT2D eigenvalue weighted by molar-refractivity contribution is 7.99. The number of thioether (sulfide) groups is 1. The topological polar surface area (TPSA) is 55.4 Å². The van der Waals surface area contributed by atoms with Gasteiger partial charge in [0.25, 0.3) is 0 Å². The molecule has 0 aliphatic heterocycles. The lowest BCUT2D eigenvalue weighted by Crippen LogP contribution is -2.15. The highest BCUT2D eigenvalue weighted by Crippen LogP contribution is 2.30. The third-order valence-electron chi connectivity index (χ3n) is 2.59. The molecule has 0 saturated heterocycles. The largest absolute Gasteiger partial charge is 0.495 e. The fraction of sp³-hybridized carbons (Fsp3) is 0.429. The Morgan fingerprint density at radius 3 is 2.70 bits per heavy atom. The first-order chi connectivity index (χ1) is 9.43. The minimum atomic E-state index is -0.126. The number of ether oxygens (including phenoxy) is 1. The normalized spacial score (nSPS) is 10.2. The number of Topliss-reactive ketones (excluding diaryl/α,β-unsaturated/α-hetero) is 1. The van der Waals surface area contributed by atoms with Gasteiger partial charge in [-0.1, -0.05) is 11.6 Å². The number of methoxy groups -OCH3 is 1. The van der Waals surface area contributed by atoms with E-state index in [2.05, 4.69) is 5.32 Å². The van der Waals surface area contributed by atoms with Gasteiger partial charge in [0, 0.05) is 23.3 Å². The lowest BCUT2D eigenvalue weighted by Gasteiger charge is -2.12. The summed E-state index contributed by atoms with van der Waals surface area (Å²) in [5.74, 6) is 1.49. The Balaban J connectivity index is 2.57. The number of carbonyl (C=O) groups is 2. The summed E-state index contributed by atoms with van der Waals surface area (Å²) in [6.45, 7) is 3.40. The molecule has 1 aromatic rings. The van der Waals surface area contributed by atoms with E-state index in [1.807, 2.05) is 6.92 Å². The molecule has 6 heteroatoms. The smallest absolute Gasteiger partial charge is 0.234 e. The summed E-state index contributed by atoms with van der Waals surface area (Å²) in [7, 11) is 1.53. The Kier molecular flexibility index (Phi) is 6.88. The maximum Gasteiger partial charge on any atom is 0.234 e. The van der Waals surface area contributed by atoms with Gasteiger partial charge in [0.2, 0.25) is 5.91 Å². The van der Waals surface area contributed by atoms with Crippen molar-refractivity contribution in [2.24, 2.45) is 0 Å². The van der Waals surface area contributed by atoms with Crippen molar-refractivity contribution in [3.05, 3.63) is 22.7 Å². The molecule has 1 amide bonds. The van der Waals surface area contributed by atoms with Crippen LogP contribution in [0, 0.1) is 6.92 Å². The van der Waals surface area contributed by atoms with Gasteiger partial charge in [-0.3, -0.25) is 9.59 Å². The lowest BCUT2D eigenvalue weighted by atomic mass is 10.2. The monoisotopic (exact) mass is 315 g/mol. The van der Waals surface area contributed by atoms with Crippen LogP contribution in [-0.2, 0) is 9.59 Å². The quantitative estimate of drug-likeness (QED) is 0.784. The molecule has 4 nitrogen and oxygen atoms in total. The Hall–Kier alpha value is -1.20. The van der Waals surface area contributed by atoms with Crippen molar-refractivity contribution in [2.45, 2.75) is 20.3 Å². The molecule has 0 aromatic heterocycles. The second-order valence-electron chi connectivity index (χ2n) is 4.35. The predicted octanol–water partition coefficient (Wildman–Crippen LogP) is 3.31. The number of nitrogens with one attached hydrogen (secondary N) is 1. The minimum Gasteiger partial charge on any atom is -0.495 e. The van der Waals surface area contributed by atoms with Gasteiger partial charge in [0.15, 0.2) is 0 Å². The molecule has 0 spiro atoms. The Labute approximate surface area is 128 Å². The van der Waals surface area contributed by atoms with E-state index in [1.165, 1.54) is 18.9 Å². The van der Waals surface area contributed by atoms with Gasteiger partial charge in [0.1, 0.15) is 11.5 Å². The standard InChI is InChI=1S/C14H18ClNO3S/c1-9-6-12(13(19-3)7-11(9)15)16-14(18)8-20-5-4-10(2)17/h6-7H,4-5,8H2,1-3H3,(H,16,18). The van der Waals surface area contributed by atoms with Crippen LogP contribution in [0.2, 0.25) is 5.02 Å². The molecule has 0 atom stereocenters. The van der Waals surface area contributed by atoms with Crippen LogP contribution in [0.25, 0.3) is 0 Å². The summed E-state index contributed by atoms with van der Waals surface area (Å²) < 4.78 is 5.19. The van der Waals surface area contributed by atoms with E-state index in [-0.39, 0.29) is 11.7 Å². The number of benzene rings is 1. The van der Waals surface area contributed by atoms with Crippen molar-refractivity contribution < 1.29 is 14.3 Å². The van der Waals surface area contributed by atoms with Crippen LogP contribution in [-0.4, -0.2) is 30.3 Å². The maximum absolute atomic E-state index is 11.8. The zero-order chi connectivity index (χ0) is 15.1. The molecule has 0 radical (unpaired) electrons. The third kappa shape index (κ3) is 5.43. The van der Waals surface area contributed by atoms with Crippen molar-refractivity contribution in [3.8, 4) is 5.75 Å². The fourth-order valence-corrected chi connectivity index (χ4v) is 2.48. The molecule has 20 heavy (non-hydrogen) atoms. The molecule has 0 saturated carbocycles. The number of anilines is 1. The van der Waals surface area contributed by atoms with Crippen LogP contribution in [0.15, 0.2) is 12.1 Å². The fourth-order valence-electron chi connectivity index (χ4n) is 1.50. The van der Waals surface area contributed by atoms with E-state index in [9.17, 15) is 9.59 Å². The molecule has 0 fully saturated rings. The molecule has 0 heterocycles. The van der Waals surface area contributed by atoms with Gasteiger partial charge >= 0.3 is 0 Å². The summed E-state index contributed by atoms with van der Waals surface area (Å²) in [5.41, 5.74) is 1.47. The zero-order valence-corrected chi connectivity index (χ0v) is 13.4. The molecule has 0 aliphatic carbocycles. The van der Waals surface area contributed by atoms with E-state index in [4.69, 9.17) is 16.3 Å². The summed E-state index contributed by atoms with van der Waals surface area (Å²) in [5, 5.41) is 3.38. The summed E-state index contributed by atoms with van der Waals surface area (Å²) in [6.07, 6.45) is 0.487. The van der Waals surface area contributed by atoms with Crippen LogP contribution in [0.3, 0.4) is 0 Å². The van der Waals surface area contributed by atoms with Crippen LogP contribution < -0.4 is 10.1 Å². The molecule has 1 N–H and O–H groups in total. The molecule has 0 bridgehead atoms. The van der Waals surface area contributed by atoms with Crippen molar-refractivity contribution in [1.29, 1.82) is 0 Å². The first-order valence-electron chi connectivity index (χ1n) is 6.15. The number of rotatable bonds is 7. The van der Waals surface area contributed by atoms with Gasteiger partial charge < -0.3 is 10.1 Å². The first kappa shape index (κ1) is 16.9. The molecule has 0 aliphatic rings. The van der Waals surface area contributed by atoms with Gasteiger partial charge in [-0.25, -0.2) is 0 Å². The van der Waals surface area contributed by atoms with Crippen molar-refractivity contribution in [1.82, 2.24) is 0 Å². The van der Waals surface area contributed by atoms with Crippen molar-refractivity contribution >= 4 is 40.7 Å². The zero-order valence-electron chi connectivity index (χ0n) is 11.8. The van der Waals surface area contributed by atoms with Crippen LogP contribution in [0.5, 0.6) is 5.75 Å². The number of amides is 1. The second kappa shape index (κ2) is 8.17. The van der Waals surface area contributed by atoms with E-state index >= 15 is 0 Å². The van der Waals surface area contributed by atoms with E-state index in [1.54, 1.807) is 19.1 Å². The minimum absolute atomic E-state index is 0.126. The number of carbonyl (C=O) groups excluding carboxylic acids is 2. The Bertz CT molecular complexity index is 505. The predicted molar refractivity (Wildman–Crippen MR) is 84.0 cm³/mol. The van der Waals surface area contributed by atoms with Gasteiger partial charge in [-0.15, -0.1) is 0 Å². The van der Waals surface area contributed by atoms with Crippen molar-refractivity contribution in [2.75, 3.05) is 23.9 Å². The van der Waals surface area contributed by atoms with Crippen molar-refractivity contribution in [3.63, 3.8) is 0 Å². The third-order valence-corrected chi connectivity index (χ3v) is 3.95. The van der Waals surface area contributed by atoms with Crippen LogP contribution in [0.4, 0.5) is 5.69 Å². The van der Waals surface area contributed by atoms with Crippen LogP contribution >= 0.6 is 23.4 Å². The number of ketones is 1. The van der Waals surface area contributed by atoms with Gasteiger partial charge in [-0.2, -0.15) is 11.8 Å². The summed E-state index contributed by atoms with van der Waals surface area (Å²) >= 11 is 7.43. The summed E-state index contributed by atoms with van der Waals surface area (Å²) in [6, 6.07) is 3.45. The molecular weight excluding hydrogens is 298 g/mol. The van der Waals surface area contributed by atoms with E-state index in [0.717, 1.165) is 5.56 Å². The number of aryl methyl sites for hydroxylation is 1. The van der Waals surface area contributed by atoms with E-state index < -0.39 is 0 Å². The maximum atomic E-state index is 11.8. The number of hydrogen-bond donors (Lipinski definition) is 1. The second-order valence-corrected chi connectivity index (χ2v) is 5.87. The average Bonchev–Trinajstić information content (AvgIpc) is 2.38. The van der Waals surface area contributed by atoms with Gasteiger partial charge in [0.05, 0.1) is 18.6 Å². The summed E-state index contributed by atoms with van der Waals surface area (Å²) in [4.78, 5) is 22.6.